The smallest absolute Gasteiger partial charge is 0.335 e. The number of aromatic carboxylic acids is 1. The standard InChI is InChI=1S/C16H23NO3/c1-11-8-12(6-7-13(11)14(18)19)17-9-15(2,3)20-16(4,5)10-17/h6-8H,9-10H2,1-5H3,(H,18,19). The fourth-order valence-corrected chi connectivity index (χ4v) is 3.05. The molecule has 1 heterocycles. The van der Waals surface area contributed by atoms with Gasteiger partial charge in [0.1, 0.15) is 0 Å². The Labute approximate surface area is 120 Å². The van der Waals surface area contributed by atoms with E-state index in [0.717, 1.165) is 24.3 Å². The van der Waals surface area contributed by atoms with E-state index in [1.165, 1.54) is 0 Å². The van der Waals surface area contributed by atoms with Gasteiger partial charge in [0, 0.05) is 18.8 Å². The van der Waals surface area contributed by atoms with E-state index < -0.39 is 5.97 Å². The minimum Gasteiger partial charge on any atom is -0.478 e. The van der Waals surface area contributed by atoms with Gasteiger partial charge in [-0.25, -0.2) is 4.79 Å². The maximum absolute atomic E-state index is 11.1. The zero-order chi connectivity index (χ0) is 15.1. The molecule has 1 aliphatic rings. The molecule has 1 N–H and O–H groups in total. The van der Waals surface area contributed by atoms with Gasteiger partial charge in [-0.1, -0.05) is 0 Å². The van der Waals surface area contributed by atoms with Gasteiger partial charge in [-0.15, -0.1) is 0 Å². The Morgan fingerprint density at radius 1 is 1.20 bits per heavy atom. The fraction of sp³-hybridized carbons (Fsp3) is 0.562. The quantitative estimate of drug-likeness (QED) is 0.902. The lowest BCUT2D eigenvalue weighted by atomic mass is 9.97. The number of carboxylic acid groups (broad SMARTS) is 1. The molecule has 2 rings (SSSR count). The summed E-state index contributed by atoms with van der Waals surface area (Å²) >= 11 is 0. The number of aryl methyl sites for hydroxylation is 1. The SMILES string of the molecule is Cc1cc(N2CC(C)(C)OC(C)(C)C2)ccc1C(=O)O. The second-order valence-electron chi connectivity index (χ2n) is 6.78. The van der Waals surface area contributed by atoms with Crippen molar-refractivity contribution in [3.63, 3.8) is 0 Å². The van der Waals surface area contributed by atoms with Gasteiger partial charge >= 0.3 is 5.97 Å². The molecule has 1 aromatic rings. The second-order valence-corrected chi connectivity index (χ2v) is 6.78. The molecular weight excluding hydrogens is 254 g/mol. The Hall–Kier alpha value is -1.55. The number of hydrogen-bond acceptors (Lipinski definition) is 3. The van der Waals surface area contributed by atoms with Crippen LogP contribution in [0.25, 0.3) is 0 Å². The summed E-state index contributed by atoms with van der Waals surface area (Å²) in [4.78, 5) is 13.3. The molecular formula is C16H23NO3. The number of nitrogens with zero attached hydrogens (tertiary/aromatic N) is 1. The highest BCUT2D eigenvalue weighted by atomic mass is 16.5. The molecule has 1 fully saturated rings. The molecule has 4 nitrogen and oxygen atoms in total. The van der Waals surface area contributed by atoms with Crippen LogP contribution < -0.4 is 4.90 Å². The molecule has 20 heavy (non-hydrogen) atoms. The van der Waals surface area contributed by atoms with Crippen LogP contribution in [0.4, 0.5) is 5.69 Å². The number of morpholine rings is 1. The first-order valence-corrected chi connectivity index (χ1v) is 6.89. The van der Waals surface area contributed by atoms with Crippen molar-refractivity contribution in [2.45, 2.75) is 45.8 Å². The van der Waals surface area contributed by atoms with Crippen molar-refractivity contribution in [2.24, 2.45) is 0 Å². The van der Waals surface area contributed by atoms with Gasteiger partial charge in [0.25, 0.3) is 0 Å². The second kappa shape index (κ2) is 4.77. The largest absolute Gasteiger partial charge is 0.478 e. The van der Waals surface area contributed by atoms with Crippen molar-refractivity contribution in [3.05, 3.63) is 29.3 Å². The van der Waals surface area contributed by atoms with Crippen molar-refractivity contribution >= 4 is 11.7 Å². The third-order valence-corrected chi connectivity index (χ3v) is 3.50. The van der Waals surface area contributed by atoms with E-state index in [-0.39, 0.29) is 11.2 Å². The van der Waals surface area contributed by atoms with E-state index in [4.69, 9.17) is 9.84 Å². The predicted octanol–water partition coefficient (Wildman–Crippen LogP) is 3.09. The first-order valence-electron chi connectivity index (χ1n) is 6.89. The summed E-state index contributed by atoms with van der Waals surface area (Å²) in [7, 11) is 0. The highest BCUT2D eigenvalue weighted by Gasteiger charge is 2.38. The van der Waals surface area contributed by atoms with Crippen molar-refractivity contribution in [3.8, 4) is 0 Å². The monoisotopic (exact) mass is 277 g/mol. The van der Waals surface area contributed by atoms with Crippen LogP contribution >= 0.6 is 0 Å². The lowest BCUT2D eigenvalue weighted by Crippen LogP contribution is -2.57. The first kappa shape index (κ1) is 14.9. The van der Waals surface area contributed by atoms with Gasteiger partial charge in [-0.2, -0.15) is 0 Å². The van der Waals surface area contributed by atoms with Gasteiger partial charge in [0.2, 0.25) is 0 Å². The number of rotatable bonds is 2. The number of carboxylic acids is 1. The highest BCUT2D eigenvalue weighted by molar-refractivity contribution is 5.89. The molecule has 0 bridgehead atoms. The summed E-state index contributed by atoms with van der Waals surface area (Å²) in [5.41, 5.74) is 1.76. The van der Waals surface area contributed by atoms with Gasteiger partial charge in [0.15, 0.2) is 0 Å². The average Bonchev–Trinajstić information content (AvgIpc) is 2.23. The Kier molecular flexibility index (Phi) is 3.54. The van der Waals surface area contributed by atoms with Crippen molar-refractivity contribution in [1.29, 1.82) is 0 Å². The van der Waals surface area contributed by atoms with Crippen LogP contribution in [0.15, 0.2) is 18.2 Å². The van der Waals surface area contributed by atoms with Gasteiger partial charge in [-0.3, -0.25) is 0 Å². The van der Waals surface area contributed by atoms with Crippen LogP contribution in [0.5, 0.6) is 0 Å². The maximum Gasteiger partial charge on any atom is 0.335 e. The predicted molar refractivity (Wildman–Crippen MR) is 79.6 cm³/mol. The van der Waals surface area contributed by atoms with Crippen molar-refractivity contribution in [2.75, 3.05) is 18.0 Å². The summed E-state index contributed by atoms with van der Waals surface area (Å²) in [6.45, 7) is 11.8. The summed E-state index contributed by atoms with van der Waals surface area (Å²) in [5.74, 6) is -0.878. The zero-order valence-corrected chi connectivity index (χ0v) is 12.9. The van der Waals surface area contributed by atoms with E-state index >= 15 is 0 Å². The summed E-state index contributed by atoms with van der Waals surface area (Å²) in [6, 6.07) is 5.51. The molecule has 0 aliphatic carbocycles. The number of benzene rings is 1. The molecule has 4 heteroatoms. The minimum atomic E-state index is -0.878. The molecule has 1 aliphatic heterocycles. The zero-order valence-electron chi connectivity index (χ0n) is 12.9. The molecule has 1 aromatic carbocycles. The fourth-order valence-electron chi connectivity index (χ4n) is 3.05. The van der Waals surface area contributed by atoms with E-state index in [9.17, 15) is 4.79 Å². The number of anilines is 1. The Balaban J connectivity index is 2.32. The average molecular weight is 277 g/mol. The summed E-state index contributed by atoms with van der Waals surface area (Å²) in [5, 5.41) is 9.10. The first-order chi connectivity index (χ1) is 9.10. The van der Waals surface area contributed by atoms with Crippen molar-refractivity contribution < 1.29 is 14.6 Å². The minimum absolute atomic E-state index is 0.221. The Bertz CT molecular complexity index is 519. The third-order valence-electron chi connectivity index (χ3n) is 3.50. The molecule has 0 atom stereocenters. The molecule has 0 radical (unpaired) electrons. The highest BCUT2D eigenvalue weighted by Crippen LogP contribution is 2.32. The van der Waals surface area contributed by atoms with Crippen LogP contribution in [0.3, 0.4) is 0 Å². The summed E-state index contributed by atoms with van der Waals surface area (Å²) < 4.78 is 6.07. The molecule has 110 valence electrons. The molecule has 1 saturated heterocycles. The van der Waals surface area contributed by atoms with Crippen LogP contribution in [0.2, 0.25) is 0 Å². The van der Waals surface area contributed by atoms with Crippen LogP contribution in [-0.4, -0.2) is 35.4 Å². The normalized spacial score (nSPS) is 20.8. The van der Waals surface area contributed by atoms with E-state index in [1.807, 2.05) is 19.1 Å². The van der Waals surface area contributed by atoms with Crippen LogP contribution in [0.1, 0.15) is 43.6 Å². The lowest BCUT2D eigenvalue weighted by Gasteiger charge is -2.48. The van der Waals surface area contributed by atoms with E-state index in [0.29, 0.717) is 5.56 Å². The number of ether oxygens (including phenoxy) is 1. The van der Waals surface area contributed by atoms with Gasteiger partial charge in [0.05, 0.1) is 16.8 Å². The van der Waals surface area contributed by atoms with Gasteiger partial charge < -0.3 is 14.7 Å². The third kappa shape index (κ3) is 3.12. The van der Waals surface area contributed by atoms with Crippen molar-refractivity contribution in [1.82, 2.24) is 0 Å². The molecule has 0 unspecified atom stereocenters. The Morgan fingerprint density at radius 2 is 1.75 bits per heavy atom. The lowest BCUT2D eigenvalue weighted by molar-refractivity contribution is -0.133. The molecule has 0 aromatic heterocycles. The molecule has 0 amide bonds. The maximum atomic E-state index is 11.1. The van der Waals surface area contributed by atoms with Crippen LogP contribution in [-0.2, 0) is 4.74 Å². The molecule has 0 spiro atoms. The van der Waals surface area contributed by atoms with E-state index in [1.54, 1.807) is 6.07 Å². The Morgan fingerprint density at radius 3 is 2.20 bits per heavy atom. The van der Waals surface area contributed by atoms with Gasteiger partial charge in [-0.05, 0) is 58.4 Å². The van der Waals surface area contributed by atoms with Crippen LogP contribution in [0, 0.1) is 6.92 Å². The molecule has 0 saturated carbocycles. The topological polar surface area (TPSA) is 49.8 Å². The number of carbonyl (C=O) groups is 1. The number of hydrogen-bond donors (Lipinski definition) is 1. The van der Waals surface area contributed by atoms with E-state index in [2.05, 4.69) is 32.6 Å². The summed E-state index contributed by atoms with van der Waals surface area (Å²) in [6.07, 6.45) is 0.